The zero-order valence-electron chi connectivity index (χ0n) is 16.3. The largest absolute Gasteiger partial charge is 0.378 e. The van der Waals surface area contributed by atoms with E-state index >= 15 is 0 Å². The highest BCUT2D eigenvalue weighted by Crippen LogP contribution is 2.56. The number of hydrogen-bond acceptors (Lipinski definition) is 4. The minimum Gasteiger partial charge on any atom is -0.378 e. The summed E-state index contributed by atoms with van der Waals surface area (Å²) in [7, 11) is 0. The van der Waals surface area contributed by atoms with Gasteiger partial charge in [0.25, 0.3) is 0 Å². The molecule has 1 aromatic heterocycles. The number of morpholine rings is 1. The Balaban J connectivity index is 1.37. The van der Waals surface area contributed by atoms with Crippen LogP contribution in [0.15, 0.2) is 42.6 Å². The second-order valence-electron chi connectivity index (χ2n) is 8.42. The first-order valence-electron chi connectivity index (χ1n) is 10.5. The predicted octanol–water partition coefficient (Wildman–Crippen LogP) is 4.01. The number of pyridine rings is 1. The molecule has 5 rings (SSSR count). The Labute approximate surface area is 166 Å². The Morgan fingerprint density at radius 2 is 1.82 bits per heavy atom. The molecule has 0 bridgehead atoms. The van der Waals surface area contributed by atoms with Crippen LogP contribution in [0.1, 0.15) is 31.4 Å². The van der Waals surface area contributed by atoms with Crippen molar-refractivity contribution in [2.75, 3.05) is 49.2 Å². The normalized spacial score (nSPS) is 24.2. The lowest BCUT2D eigenvalue weighted by Crippen LogP contribution is -2.41. The molecule has 148 valence electrons. The summed E-state index contributed by atoms with van der Waals surface area (Å²) in [5, 5.41) is 0. The first-order chi connectivity index (χ1) is 13.7. The average molecular weight is 381 g/mol. The second kappa shape index (κ2) is 7.36. The highest BCUT2D eigenvalue weighted by Gasteiger charge is 2.52. The van der Waals surface area contributed by atoms with E-state index in [1.807, 2.05) is 18.3 Å². The maximum Gasteiger partial charge on any atom is 0.125 e. The number of benzene rings is 1. The highest BCUT2D eigenvalue weighted by molar-refractivity contribution is 5.50. The van der Waals surface area contributed by atoms with Crippen LogP contribution >= 0.6 is 0 Å². The lowest BCUT2D eigenvalue weighted by atomic mass is 9.80. The summed E-state index contributed by atoms with van der Waals surface area (Å²) in [5.74, 6) is 0.428. The van der Waals surface area contributed by atoms with E-state index in [1.54, 1.807) is 6.07 Å². The van der Waals surface area contributed by atoms with Gasteiger partial charge in [-0.1, -0.05) is 6.07 Å². The van der Waals surface area contributed by atoms with Crippen LogP contribution in [-0.2, 0) is 10.2 Å². The van der Waals surface area contributed by atoms with E-state index in [9.17, 15) is 4.39 Å². The summed E-state index contributed by atoms with van der Waals surface area (Å²) in [4.78, 5) is 9.59. The van der Waals surface area contributed by atoms with E-state index in [0.29, 0.717) is 5.92 Å². The van der Waals surface area contributed by atoms with E-state index in [4.69, 9.17) is 9.72 Å². The second-order valence-corrected chi connectivity index (χ2v) is 8.42. The average Bonchev–Trinajstić information content (AvgIpc) is 3.57. The number of nitrogens with zero attached hydrogens (tertiary/aromatic N) is 3. The van der Waals surface area contributed by atoms with Crippen molar-refractivity contribution < 1.29 is 9.13 Å². The van der Waals surface area contributed by atoms with Crippen molar-refractivity contribution in [2.45, 2.75) is 31.1 Å². The van der Waals surface area contributed by atoms with Gasteiger partial charge in [0.2, 0.25) is 0 Å². The van der Waals surface area contributed by atoms with Crippen molar-refractivity contribution in [3.63, 3.8) is 0 Å². The van der Waals surface area contributed by atoms with Gasteiger partial charge in [0.15, 0.2) is 0 Å². The molecule has 1 atom stereocenters. The molecule has 1 aromatic carbocycles. The van der Waals surface area contributed by atoms with Crippen molar-refractivity contribution in [3.8, 4) is 0 Å². The van der Waals surface area contributed by atoms with Gasteiger partial charge < -0.3 is 14.5 Å². The zero-order valence-corrected chi connectivity index (χ0v) is 16.3. The van der Waals surface area contributed by atoms with Crippen LogP contribution in [0.4, 0.5) is 15.8 Å². The van der Waals surface area contributed by atoms with E-state index in [1.165, 1.54) is 36.7 Å². The Bertz CT molecular complexity index is 832. The van der Waals surface area contributed by atoms with E-state index in [0.717, 1.165) is 51.5 Å². The van der Waals surface area contributed by atoms with E-state index in [2.05, 4.69) is 21.9 Å². The summed E-state index contributed by atoms with van der Waals surface area (Å²) in [6.45, 7) is 5.51. The van der Waals surface area contributed by atoms with Crippen LogP contribution in [0.5, 0.6) is 0 Å². The molecular formula is C23H28FN3O. The molecule has 0 amide bonds. The highest BCUT2D eigenvalue weighted by atomic mass is 19.1. The third-order valence-corrected chi connectivity index (χ3v) is 6.79. The van der Waals surface area contributed by atoms with Crippen LogP contribution < -0.4 is 9.80 Å². The van der Waals surface area contributed by atoms with Crippen molar-refractivity contribution >= 4 is 11.4 Å². The molecule has 3 aliphatic rings. The molecule has 3 heterocycles. The van der Waals surface area contributed by atoms with Crippen molar-refractivity contribution in [1.82, 2.24) is 4.98 Å². The third-order valence-electron chi connectivity index (χ3n) is 6.79. The Morgan fingerprint density at radius 1 is 1.00 bits per heavy atom. The number of anilines is 2. The van der Waals surface area contributed by atoms with Crippen LogP contribution in [0.2, 0.25) is 0 Å². The maximum absolute atomic E-state index is 13.7. The molecule has 2 aliphatic heterocycles. The van der Waals surface area contributed by atoms with Gasteiger partial charge in [0.05, 0.1) is 13.2 Å². The number of rotatable bonds is 4. The smallest absolute Gasteiger partial charge is 0.125 e. The molecule has 28 heavy (non-hydrogen) atoms. The number of hydrogen-bond donors (Lipinski definition) is 0. The first-order valence-corrected chi connectivity index (χ1v) is 10.5. The summed E-state index contributed by atoms with van der Waals surface area (Å²) in [6, 6.07) is 11.5. The van der Waals surface area contributed by atoms with Gasteiger partial charge >= 0.3 is 0 Å². The van der Waals surface area contributed by atoms with Crippen LogP contribution in [0.3, 0.4) is 0 Å². The Morgan fingerprint density at radius 3 is 2.61 bits per heavy atom. The summed E-state index contributed by atoms with van der Waals surface area (Å²) in [6.07, 6.45) is 6.80. The van der Waals surface area contributed by atoms with Crippen molar-refractivity contribution in [1.29, 1.82) is 0 Å². The summed E-state index contributed by atoms with van der Waals surface area (Å²) in [5.41, 5.74) is 3.74. The summed E-state index contributed by atoms with van der Waals surface area (Å²) >= 11 is 0. The quantitative estimate of drug-likeness (QED) is 0.800. The van der Waals surface area contributed by atoms with Crippen LogP contribution in [0, 0.1) is 11.7 Å². The third kappa shape index (κ3) is 3.37. The van der Waals surface area contributed by atoms with Crippen molar-refractivity contribution in [3.05, 3.63) is 54.1 Å². The summed E-state index contributed by atoms with van der Waals surface area (Å²) < 4.78 is 19.2. The molecule has 0 N–H and O–H groups in total. The SMILES string of the molecule is Fc1cccc(N2CCCC(C3(c4cc(N5CCOCC5)ccn4)CC3)C2)c1. The molecule has 4 nitrogen and oxygen atoms in total. The molecule has 2 saturated heterocycles. The van der Waals surface area contributed by atoms with Crippen LogP contribution in [0.25, 0.3) is 0 Å². The lowest BCUT2D eigenvalue weighted by Gasteiger charge is -2.39. The zero-order chi connectivity index (χ0) is 19.0. The van der Waals surface area contributed by atoms with Gasteiger partial charge in [-0.05, 0) is 61.9 Å². The Kier molecular flexibility index (Phi) is 4.71. The minimum absolute atomic E-state index is 0.152. The molecule has 2 aromatic rings. The van der Waals surface area contributed by atoms with E-state index < -0.39 is 0 Å². The monoisotopic (exact) mass is 381 g/mol. The van der Waals surface area contributed by atoms with Crippen molar-refractivity contribution in [2.24, 2.45) is 5.92 Å². The van der Waals surface area contributed by atoms with Crippen LogP contribution in [-0.4, -0.2) is 44.4 Å². The fourth-order valence-electron chi connectivity index (χ4n) is 5.05. The lowest BCUT2D eigenvalue weighted by molar-refractivity contribution is 0.122. The molecule has 1 aliphatic carbocycles. The molecule has 3 fully saturated rings. The van der Waals surface area contributed by atoms with Gasteiger partial charge in [0, 0.05) is 54.9 Å². The molecule has 5 heteroatoms. The first kappa shape index (κ1) is 17.9. The topological polar surface area (TPSA) is 28.6 Å². The fraction of sp³-hybridized carbons (Fsp3) is 0.522. The minimum atomic E-state index is -0.152. The van der Waals surface area contributed by atoms with E-state index in [-0.39, 0.29) is 11.2 Å². The van der Waals surface area contributed by atoms with Gasteiger partial charge in [-0.3, -0.25) is 4.98 Å². The standard InChI is InChI=1S/C23H28FN3O/c24-19-4-1-5-20(15-19)27-10-2-3-18(17-27)23(7-8-23)22-16-21(6-9-25-22)26-11-13-28-14-12-26/h1,4-6,9,15-16,18H,2-3,7-8,10-14,17H2. The fourth-order valence-corrected chi connectivity index (χ4v) is 5.05. The van der Waals surface area contributed by atoms with Gasteiger partial charge in [0.1, 0.15) is 5.82 Å². The molecule has 1 saturated carbocycles. The number of aromatic nitrogens is 1. The Hall–Kier alpha value is -2.14. The molecule has 1 unspecified atom stereocenters. The van der Waals surface area contributed by atoms with Gasteiger partial charge in [-0.2, -0.15) is 0 Å². The number of piperidine rings is 1. The molecule has 0 radical (unpaired) electrons. The molecular weight excluding hydrogens is 353 g/mol. The van der Waals surface area contributed by atoms with Gasteiger partial charge in [-0.15, -0.1) is 0 Å². The van der Waals surface area contributed by atoms with Gasteiger partial charge in [-0.25, -0.2) is 4.39 Å². The number of ether oxygens (including phenoxy) is 1. The predicted molar refractivity (Wildman–Crippen MR) is 110 cm³/mol. The molecule has 0 spiro atoms. The maximum atomic E-state index is 13.7. The number of halogens is 1.